The molecule has 1 aliphatic heterocycles. The van der Waals surface area contributed by atoms with Crippen LogP contribution in [0.15, 0.2) is 4.99 Å². The minimum Gasteiger partial charge on any atom is -0.459 e. The smallest absolute Gasteiger partial charge is 0.325 e. The number of carbonyl (C=O) groups is 1. The Hall–Kier alpha value is -2.12. The molecule has 8 nitrogen and oxygen atoms in total. The van der Waals surface area contributed by atoms with Crippen molar-refractivity contribution in [1.82, 2.24) is 25.4 Å². The summed E-state index contributed by atoms with van der Waals surface area (Å²) in [5, 5.41) is 10.7. The number of nitrogens with one attached hydrogen (secondary N) is 2. The fourth-order valence-electron chi connectivity index (χ4n) is 2.50. The number of guanidine groups is 1. The number of aliphatic imine (C=N–C) groups is 1. The summed E-state index contributed by atoms with van der Waals surface area (Å²) in [7, 11) is 1.67. The number of aryl methyl sites for hydroxylation is 2. The molecule has 2 rings (SSSR count). The Morgan fingerprint density at radius 3 is 2.87 bits per heavy atom. The lowest BCUT2D eigenvalue weighted by Crippen LogP contribution is -2.44. The summed E-state index contributed by atoms with van der Waals surface area (Å²) in [6.45, 7) is 8.37. The van der Waals surface area contributed by atoms with Gasteiger partial charge in [-0.1, -0.05) is 0 Å². The molecule has 0 radical (unpaired) electrons. The topological polar surface area (TPSA) is 93.4 Å². The first-order valence-corrected chi connectivity index (χ1v) is 7.89. The normalized spacial score (nSPS) is 18.3. The second kappa shape index (κ2) is 6.97. The Morgan fingerprint density at radius 2 is 2.22 bits per heavy atom. The van der Waals surface area contributed by atoms with Crippen molar-refractivity contribution >= 4 is 11.9 Å². The molecule has 0 aliphatic carbocycles. The van der Waals surface area contributed by atoms with E-state index in [4.69, 9.17) is 4.74 Å². The van der Waals surface area contributed by atoms with Crippen molar-refractivity contribution < 1.29 is 9.53 Å². The second-order valence-electron chi connectivity index (χ2n) is 6.59. The van der Waals surface area contributed by atoms with E-state index in [1.807, 2.05) is 32.4 Å². The fourth-order valence-corrected chi connectivity index (χ4v) is 2.50. The van der Waals surface area contributed by atoms with Gasteiger partial charge in [0.25, 0.3) is 0 Å². The molecule has 1 atom stereocenters. The minimum atomic E-state index is -0.493. The Balaban J connectivity index is 1.92. The van der Waals surface area contributed by atoms with Crippen LogP contribution in [0.25, 0.3) is 0 Å². The van der Waals surface area contributed by atoms with Crippen LogP contribution in [0.5, 0.6) is 0 Å². The predicted octanol–water partition coefficient (Wildman–Crippen LogP) is 0.928. The highest BCUT2D eigenvalue weighted by molar-refractivity contribution is 5.84. The van der Waals surface area contributed by atoms with Gasteiger partial charge < -0.3 is 15.4 Å². The van der Waals surface area contributed by atoms with Crippen molar-refractivity contribution in [2.24, 2.45) is 4.99 Å². The van der Waals surface area contributed by atoms with Crippen molar-refractivity contribution in [2.45, 2.75) is 58.7 Å². The van der Waals surface area contributed by atoms with E-state index in [1.165, 1.54) is 0 Å². The second-order valence-corrected chi connectivity index (χ2v) is 6.59. The molecule has 0 bridgehead atoms. The summed E-state index contributed by atoms with van der Waals surface area (Å²) < 4.78 is 7.20. The van der Waals surface area contributed by atoms with Gasteiger partial charge in [-0.05, 0) is 40.5 Å². The summed E-state index contributed by atoms with van der Waals surface area (Å²) in [4.78, 5) is 20.4. The summed E-state index contributed by atoms with van der Waals surface area (Å²) in [6, 6.07) is 0.0368. The van der Waals surface area contributed by atoms with Crippen LogP contribution in [0.2, 0.25) is 0 Å². The molecule has 0 saturated carbocycles. The number of nitrogens with zero attached hydrogens (tertiary/aromatic N) is 4. The molecule has 2 N–H and O–H groups in total. The zero-order chi connectivity index (χ0) is 17.0. The Morgan fingerprint density at radius 1 is 1.48 bits per heavy atom. The van der Waals surface area contributed by atoms with Crippen LogP contribution < -0.4 is 10.6 Å². The number of fused-ring (bicyclic) bond motifs is 1. The largest absolute Gasteiger partial charge is 0.459 e. The van der Waals surface area contributed by atoms with Crippen molar-refractivity contribution in [2.75, 3.05) is 13.6 Å². The number of hydrogen-bond acceptors (Lipinski definition) is 5. The highest BCUT2D eigenvalue weighted by atomic mass is 16.6. The van der Waals surface area contributed by atoms with Gasteiger partial charge in [0, 0.05) is 13.6 Å². The summed E-state index contributed by atoms with van der Waals surface area (Å²) in [6.07, 6.45) is 1.97. The molecule has 0 fully saturated rings. The lowest BCUT2D eigenvalue weighted by Gasteiger charge is -2.25. The number of carbonyl (C=O) groups excluding carboxylic acids is 1. The van der Waals surface area contributed by atoms with Crippen molar-refractivity contribution in [3.63, 3.8) is 0 Å². The van der Waals surface area contributed by atoms with E-state index in [9.17, 15) is 4.79 Å². The van der Waals surface area contributed by atoms with Gasteiger partial charge in [0.05, 0.1) is 6.04 Å². The van der Waals surface area contributed by atoms with E-state index < -0.39 is 5.60 Å². The third kappa shape index (κ3) is 4.94. The number of hydrogen-bond donors (Lipinski definition) is 2. The molecule has 1 aliphatic rings. The fraction of sp³-hybridized carbons (Fsp3) is 0.733. The molecule has 23 heavy (non-hydrogen) atoms. The SMILES string of the molecule is CN=C(NCC(=O)OC(C)(C)C)NC1CCCn2nc(C)nc21. The van der Waals surface area contributed by atoms with Crippen LogP contribution in [-0.2, 0) is 16.1 Å². The first-order valence-electron chi connectivity index (χ1n) is 7.89. The van der Waals surface area contributed by atoms with Crippen molar-refractivity contribution in [3.8, 4) is 0 Å². The zero-order valence-corrected chi connectivity index (χ0v) is 14.5. The first-order chi connectivity index (χ1) is 10.8. The van der Waals surface area contributed by atoms with E-state index in [1.54, 1.807) is 7.05 Å². The van der Waals surface area contributed by atoms with Gasteiger partial charge in [-0.15, -0.1) is 0 Å². The molecule has 1 aromatic rings. The lowest BCUT2D eigenvalue weighted by atomic mass is 10.1. The summed E-state index contributed by atoms with van der Waals surface area (Å²) >= 11 is 0. The first kappa shape index (κ1) is 17.2. The monoisotopic (exact) mass is 322 g/mol. The van der Waals surface area contributed by atoms with Gasteiger partial charge in [-0.25, -0.2) is 9.67 Å². The van der Waals surface area contributed by atoms with Crippen molar-refractivity contribution in [1.29, 1.82) is 0 Å². The third-order valence-corrected chi connectivity index (χ3v) is 3.34. The van der Waals surface area contributed by atoms with E-state index in [0.29, 0.717) is 5.96 Å². The predicted molar refractivity (Wildman–Crippen MR) is 87.1 cm³/mol. The average molecular weight is 322 g/mol. The van der Waals surface area contributed by atoms with Gasteiger partial charge in [0.1, 0.15) is 23.8 Å². The standard InChI is InChI=1S/C15H26N6O2/c1-10-18-13-11(7-6-8-21(13)20-10)19-14(16-5)17-9-12(22)23-15(2,3)4/h11H,6-9H2,1-5H3,(H2,16,17,19). The maximum absolute atomic E-state index is 11.8. The van der Waals surface area contributed by atoms with Gasteiger partial charge >= 0.3 is 5.97 Å². The Labute approximate surface area is 136 Å². The van der Waals surface area contributed by atoms with E-state index in [2.05, 4.69) is 25.7 Å². The molecule has 0 aromatic carbocycles. The molecule has 1 aromatic heterocycles. The highest BCUT2D eigenvalue weighted by Crippen LogP contribution is 2.22. The van der Waals surface area contributed by atoms with E-state index in [0.717, 1.165) is 31.0 Å². The van der Waals surface area contributed by atoms with Crippen LogP contribution >= 0.6 is 0 Å². The molecule has 1 unspecified atom stereocenters. The van der Waals surface area contributed by atoms with Crippen LogP contribution in [0.1, 0.15) is 51.3 Å². The maximum Gasteiger partial charge on any atom is 0.325 e. The zero-order valence-electron chi connectivity index (χ0n) is 14.5. The van der Waals surface area contributed by atoms with Crippen LogP contribution in [0, 0.1) is 6.92 Å². The summed E-state index contributed by atoms with van der Waals surface area (Å²) in [5.74, 6) is 1.91. The van der Waals surface area contributed by atoms with Crippen LogP contribution in [0.3, 0.4) is 0 Å². The molecule has 0 amide bonds. The van der Waals surface area contributed by atoms with Crippen LogP contribution in [0.4, 0.5) is 0 Å². The molecule has 2 heterocycles. The van der Waals surface area contributed by atoms with Gasteiger partial charge in [0.15, 0.2) is 5.96 Å². The van der Waals surface area contributed by atoms with Gasteiger partial charge in [0.2, 0.25) is 0 Å². The van der Waals surface area contributed by atoms with E-state index >= 15 is 0 Å². The number of ether oxygens (including phenoxy) is 1. The van der Waals surface area contributed by atoms with E-state index in [-0.39, 0.29) is 18.6 Å². The lowest BCUT2D eigenvalue weighted by molar-refractivity contribution is -0.153. The maximum atomic E-state index is 11.8. The van der Waals surface area contributed by atoms with Gasteiger partial charge in [-0.3, -0.25) is 9.79 Å². The molecular weight excluding hydrogens is 296 g/mol. The quantitative estimate of drug-likeness (QED) is 0.488. The number of esters is 1. The molecule has 0 saturated heterocycles. The average Bonchev–Trinajstić information content (AvgIpc) is 2.82. The molecular formula is C15H26N6O2. The third-order valence-electron chi connectivity index (χ3n) is 3.34. The van der Waals surface area contributed by atoms with Crippen molar-refractivity contribution in [3.05, 3.63) is 11.6 Å². The Bertz CT molecular complexity index is 587. The minimum absolute atomic E-state index is 0.0368. The molecule has 128 valence electrons. The highest BCUT2D eigenvalue weighted by Gasteiger charge is 2.24. The number of rotatable bonds is 3. The molecule has 0 spiro atoms. The number of aromatic nitrogens is 3. The van der Waals surface area contributed by atoms with Gasteiger partial charge in [-0.2, -0.15) is 5.10 Å². The summed E-state index contributed by atoms with van der Waals surface area (Å²) in [5.41, 5.74) is -0.493. The Kier molecular flexibility index (Phi) is 5.23. The van der Waals surface area contributed by atoms with Crippen LogP contribution in [-0.4, -0.2) is 45.9 Å². The molecule has 8 heteroatoms.